The van der Waals surface area contributed by atoms with E-state index in [-0.39, 0.29) is 18.7 Å². The van der Waals surface area contributed by atoms with Crippen LogP contribution in [0.1, 0.15) is 36.0 Å². The van der Waals surface area contributed by atoms with E-state index in [4.69, 9.17) is 11.0 Å². The summed E-state index contributed by atoms with van der Waals surface area (Å²) in [4.78, 5) is 56.3. The number of piperidine rings is 1. The molecule has 0 radical (unpaired) electrons. The second-order valence-electron chi connectivity index (χ2n) is 8.76. The van der Waals surface area contributed by atoms with Gasteiger partial charge in [0.25, 0.3) is 0 Å². The van der Waals surface area contributed by atoms with Crippen molar-refractivity contribution in [3.05, 3.63) is 65.5 Å². The average molecular weight is 491 g/mol. The van der Waals surface area contributed by atoms with Gasteiger partial charge < -0.3 is 21.3 Å². The minimum Gasteiger partial charge on any atom is -0.368 e. The van der Waals surface area contributed by atoms with E-state index in [0.29, 0.717) is 18.7 Å². The first-order valence-electron chi connectivity index (χ1n) is 11.9. The second kappa shape index (κ2) is 13.0. The van der Waals surface area contributed by atoms with E-state index >= 15 is 0 Å². The molecule has 10 nitrogen and oxygen atoms in total. The SMILES string of the molecule is N#Cc1ccc(C[C@@H](C(=O)NCC(=O)N[C@@H](Cc2cccnc2)C(N)=O)C(=O)N2CCCCC2)cc1. The number of rotatable bonds is 10. The smallest absolute Gasteiger partial charge is 0.240 e. The summed E-state index contributed by atoms with van der Waals surface area (Å²) in [6.45, 7) is 0.767. The van der Waals surface area contributed by atoms with Crippen LogP contribution in [0.15, 0.2) is 48.8 Å². The average Bonchev–Trinajstić information content (AvgIpc) is 2.91. The van der Waals surface area contributed by atoms with E-state index < -0.39 is 36.2 Å². The summed E-state index contributed by atoms with van der Waals surface area (Å²) in [6, 6.07) is 11.2. The number of carbonyl (C=O) groups excluding carboxylic acids is 4. The summed E-state index contributed by atoms with van der Waals surface area (Å²) in [5.41, 5.74) is 7.37. The number of amides is 4. The van der Waals surface area contributed by atoms with E-state index in [0.717, 1.165) is 30.4 Å². The van der Waals surface area contributed by atoms with Crippen LogP contribution < -0.4 is 16.4 Å². The lowest BCUT2D eigenvalue weighted by Gasteiger charge is -2.30. The molecular formula is C26H30N6O4. The van der Waals surface area contributed by atoms with Crippen molar-refractivity contribution in [3.63, 3.8) is 0 Å². The lowest BCUT2D eigenvalue weighted by Crippen LogP contribution is -2.51. The van der Waals surface area contributed by atoms with E-state index in [1.54, 1.807) is 53.7 Å². The van der Waals surface area contributed by atoms with Crippen molar-refractivity contribution in [2.24, 2.45) is 11.7 Å². The van der Waals surface area contributed by atoms with Crippen LogP contribution in [0.5, 0.6) is 0 Å². The molecule has 1 aliphatic rings. The lowest BCUT2D eigenvalue weighted by molar-refractivity contribution is -0.143. The zero-order valence-electron chi connectivity index (χ0n) is 20.0. The Morgan fingerprint density at radius 1 is 1.03 bits per heavy atom. The van der Waals surface area contributed by atoms with Gasteiger partial charge in [0.2, 0.25) is 23.6 Å². The van der Waals surface area contributed by atoms with Crippen molar-refractivity contribution in [1.29, 1.82) is 5.26 Å². The zero-order chi connectivity index (χ0) is 25.9. The van der Waals surface area contributed by atoms with Crippen LogP contribution >= 0.6 is 0 Å². The molecule has 0 unspecified atom stereocenters. The van der Waals surface area contributed by atoms with Crippen molar-refractivity contribution in [2.45, 2.75) is 38.1 Å². The van der Waals surface area contributed by atoms with Gasteiger partial charge >= 0.3 is 0 Å². The fourth-order valence-electron chi connectivity index (χ4n) is 4.09. The number of nitrogens with zero attached hydrogens (tertiary/aromatic N) is 3. The van der Waals surface area contributed by atoms with Crippen LogP contribution in [0.25, 0.3) is 0 Å². The number of nitriles is 1. The standard InChI is InChI=1S/C26H30N6O4/c27-15-19-8-6-18(7-9-19)13-21(26(36)32-11-2-1-3-12-32)25(35)30-17-23(33)31-22(24(28)34)14-20-5-4-10-29-16-20/h4-10,16,21-22H,1-3,11-14,17H2,(H2,28,34)(H,30,35)(H,31,33)/t21-,22-/m0/s1. The van der Waals surface area contributed by atoms with Gasteiger partial charge in [0.15, 0.2) is 0 Å². The van der Waals surface area contributed by atoms with Gasteiger partial charge in [-0.3, -0.25) is 24.2 Å². The summed E-state index contributed by atoms with van der Waals surface area (Å²) in [5.74, 6) is -3.20. The Bertz CT molecular complexity index is 1110. The van der Waals surface area contributed by atoms with Gasteiger partial charge in [-0.1, -0.05) is 18.2 Å². The highest BCUT2D eigenvalue weighted by Gasteiger charge is 2.32. The third-order valence-corrected chi connectivity index (χ3v) is 6.07. The van der Waals surface area contributed by atoms with Crippen molar-refractivity contribution in [2.75, 3.05) is 19.6 Å². The zero-order valence-corrected chi connectivity index (χ0v) is 20.0. The lowest BCUT2D eigenvalue weighted by atomic mass is 9.95. The molecule has 4 amide bonds. The molecule has 2 aromatic rings. The molecule has 0 bridgehead atoms. The quantitative estimate of drug-likeness (QED) is 0.410. The highest BCUT2D eigenvalue weighted by atomic mass is 16.2. The van der Waals surface area contributed by atoms with E-state index in [1.165, 1.54) is 0 Å². The molecule has 4 N–H and O–H groups in total. The molecule has 10 heteroatoms. The first-order valence-corrected chi connectivity index (χ1v) is 11.9. The number of pyridine rings is 1. The minimum absolute atomic E-state index is 0.138. The molecule has 0 spiro atoms. The first kappa shape index (κ1) is 26.3. The van der Waals surface area contributed by atoms with Crippen molar-refractivity contribution in [1.82, 2.24) is 20.5 Å². The summed E-state index contributed by atoms with van der Waals surface area (Å²) < 4.78 is 0. The first-order chi connectivity index (χ1) is 17.4. The Morgan fingerprint density at radius 2 is 1.75 bits per heavy atom. The monoisotopic (exact) mass is 490 g/mol. The third kappa shape index (κ3) is 7.63. The summed E-state index contributed by atoms with van der Waals surface area (Å²) in [7, 11) is 0. The predicted molar refractivity (Wildman–Crippen MR) is 131 cm³/mol. The number of hydrogen-bond acceptors (Lipinski definition) is 6. The number of hydrogen-bond donors (Lipinski definition) is 3. The second-order valence-corrected chi connectivity index (χ2v) is 8.76. The molecule has 2 atom stereocenters. The topological polar surface area (TPSA) is 158 Å². The largest absolute Gasteiger partial charge is 0.368 e. The normalized spacial score (nSPS) is 14.7. The van der Waals surface area contributed by atoms with Gasteiger partial charge in [-0.15, -0.1) is 0 Å². The number of likely N-dealkylation sites (tertiary alicyclic amines) is 1. The Morgan fingerprint density at radius 3 is 2.36 bits per heavy atom. The third-order valence-electron chi connectivity index (χ3n) is 6.07. The number of nitrogens with one attached hydrogen (secondary N) is 2. The Labute approximate surface area is 209 Å². The molecule has 1 aliphatic heterocycles. The maximum atomic E-state index is 13.2. The van der Waals surface area contributed by atoms with Gasteiger partial charge in [-0.25, -0.2) is 0 Å². The van der Waals surface area contributed by atoms with Gasteiger partial charge in [0.05, 0.1) is 18.2 Å². The molecule has 1 saturated heterocycles. The number of aromatic nitrogens is 1. The van der Waals surface area contributed by atoms with Gasteiger partial charge in [-0.05, 0) is 55.0 Å². The summed E-state index contributed by atoms with van der Waals surface area (Å²) >= 11 is 0. The molecular weight excluding hydrogens is 460 g/mol. The Balaban J connectivity index is 1.64. The number of benzene rings is 1. The molecule has 36 heavy (non-hydrogen) atoms. The van der Waals surface area contributed by atoms with Gasteiger partial charge in [-0.2, -0.15) is 5.26 Å². The van der Waals surface area contributed by atoms with E-state index in [2.05, 4.69) is 15.6 Å². The highest BCUT2D eigenvalue weighted by Crippen LogP contribution is 2.17. The van der Waals surface area contributed by atoms with Crippen LogP contribution in [0.2, 0.25) is 0 Å². The molecule has 1 aromatic heterocycles. The van der Waals surface area contributed by atoms with Gasteiger partial charge in [0.1, 0.15) is 12.0 Å². The maximum Gasteiger partial charge on any atom is 0.240 e. The van der Waals surface area contributed by atoms with E-state index in [9.17, 15) is 19.2 Å². The molecule has 1 fully saturated rings. The highest BCUT2D eigenvalue weighted by molar-refractivity contribution is 6.01. The molecule has 1 aromatic carbocycles. The minimum atomic E-state index is -1.02. The number of primary amides is 1. The van der Waals surface area contributed by atoms with Crippen LogP contribution in [-0.4, -0.2) is 59.2 Å². The van der Waals surface area contributed by atoms with Crippen molar-refractivity contribution < 1.29 is 19.2 Å². The van der Waals surface area contributed by atoms with Crippen molar-refractivity contribution >= 4 is 23.6 Å². The van der Waals surface area contributed by atoms with Crippen LogP contribution in [0.3, 0.4) is 0 Å². The fourth-order valence-corrected chi connectivity index (χ4v) is 4.09. The molecule has 0 saturated carbocycles. The molecule has 3 rings (SSSR count). The van der Waals surface area contributed by atoms with E-state index in [1.807, 2.05) is 6.07 Å². The Hall–Kier alpha value is -4.26. The number of nitrogens with two attached hydrogens (primary N) is 1. The van der Waals surface area contributed by atoms with Crippen LogP contribution in [0.4, 0.5) is 0 Å². The number of carbonyl (C=O) groups is 4. The molecule has 188 valence electrons. The molecule has 0 aliphatic carbocycles. The predicted octanol–water partition coefficient (Wildman–Crippen LogP) is 0.453. The maximum absolute atomic E-state index is 13.2. The van der Waals surface area contributed by atoms with Crippen molar-refractivity contribution in [3.8, 4) is 6.07 Å². The van der Waals surface area contributed by atoms with Crippen LogP contribution in [0, 0.1) is 17.2 Å². The summed E-state index contributed by atoms with van der Waals surface area (Å²) in [6.07, 6.45) is 6.27. The Kier molecular flexibility index (Phi) is 9.51. The van der Waals surface area contributed by atoms with Gasteiger partial charge in [0, 0.05) is 31.9 Å². The summed E-state index contributed by atoms with van der Waals surface area (Å²) in [5, 5.41) is 14.1. The molecule has 2 heterocycles. The van der Waals surface area contributed by atoms with Crippen LogP contribution in [-0.2, 0) is 32.0 Å². The fraction of sp³-hybridized carbons (Fsp3) is 0.385.